The van der Waals surface area contributed by atoms with Gasteiger partial charge < -0.3 is 10.2 Å². The SMILES string of the molecule is CC1CCN(C(=O)CCc2ccc(Cl)cc2)CCN1. The van der Waals surface area contributed by atoms with Crippen LogP contribution in [-0.2, 0) is 11.2 Å². The summed E-state index contributed by atoms with van der Waals surface area (Å²) in [4.78, 5) is 14.1. The molecule has 2 rings (SSSR count). The Labute approximate surface area is 119 Å². The lowest BCUT2D eigenvalue weighted by Crippen LogP contribution is -2.34. The smallest absolute Gasteiger partial charge is 0.222 e. The van der Waals surface area contributed by atoms with E-state index in [-0.39, 0.29) is 5.91 Å². The molecule has 1 aliphatic heterocycles. The lowest BCUT2D eigenvalue weighted by molar-refractivity contribution is -0.130. The molecule has 0 saturated carbocycles. The minimum absolute atomic E-state index is 0.255. The van der Waals surface area contributed by atoms with Gasteiger partial charge in [-0.15, -0.1) is 0 Å². The standard InChI is InChI=1S/C15H21ClN2O/c1-12-8-10-18(11-9-17-12)15(19)7-4-13-2-5-14(16)6-3-13/h2-3,5-6,12,17H,4,7-11H2,1H3. The largest absolute Gasteiger partial charge is 0.341 e. The van der Waals surface area contributed by atoms with Crippen molar-refractivity contribution in [3.8, 4) is 0 Å². The number of nitrogens with zero attached hydrogens (tertiary/aromatic N) is 1. The van der Waals surface area contributed by atoms with Crippen molar-refractivity contribution in [2.75, 3.05) is 19.6 Å². The highest BCUT2D eigenvalue weighted by atomic mass is 35.5. The molecule has 1 aromatic rings. The van der Waals surface area contributed by atoms with E-state index in [1.54, 1.807) is 0 Å². The van der Waals surface area contributed by atoms with Crippen LogP contribution in [0.15, 0.2) is 24.3 Å². The third-order valence-electron chi connectivity index (χ3n) is 3.60. The monoisotopic (exact) mass is 280 g/mol. The summed E-state index contributed by atoms with van der Waals surface area (Å²) < 4.78 is 0. The van der Waals surface area contributed by atoms with E-state index >= 15 is 0 Å². The van der Waals surface area contributed by atoms with Crippen molar-refractivity contribution in [2.24, 2.45) is 0 Å². The zero-order valence-corrected chi connectivity index (χ0v) is 12.1. The molecular weight excluding hydrogens is 260 g/mol. The highest BCUT2D eigenvalue weighted by molar-refractivity contribution is 6.30. The van der Waals surface area contributed by atoms with Gasteiger partial charge in [-0.25, -0.2) is 0 Å². The Morgan fingerprint density at radius 1 is 1.37 bits per heavy atom. The van der Waals surface area contributed by atoms with Crippen LogP contribution in [0.25, 0.3) is 0 Å². The van der Waals surface area contributed by atoms with E-state index in [1.165, 1.54) is 5.56 Å². The molecule has 0 spiro atoms. The van der Waals surface area contributed by atoms with E-state index < -0.39 is 0 Å². The molecule has 1 N–H and O–H groups in total. The maximum Gasteiger partial charge on any atom is 0.222 e. The van der Waals surface area contributed by atoms with Crippen molar-refractivity contribution in [3.63, 3.8) is 0 Å². The average Bonchev–Trinajstić information content (AvgIpc) is 2.63. The summed E-state index contributed by atoms with van der Waals surface area (Å²) in [5.41, 5.74) is 1.17. The summed E-state index contributed by atoms with van der Waals surface area (Å²) in [5, 5.41) is 4.14. The van der Waals surface area contributed by atoms with Gasteiger partial charge >= 0.3 is 0 Å². The Balaban J connectivity index is 1.82. The fourth-order valence-electron chi connectivity index (χ4n) is 2.32. The second-order valence-electron chi connectivity index (χ2n) is 5.15. The molecule has 0 aliphatic carbocycles. The molecule has 1 heterocycles. The number of nitrogens with one attached hydrogen (secondary N) is 1. The second kappa shape index (κ2) is 6.92. The number of carbonyl (C=O) groups is 1. The number of amides is 1. The third kappa shape index (κ3) is 4.51. The molecule has 3 nitrogen and oxygen atoms in total. The van der Waals surface area contributed by atoms with E-state index in [9.17, 15) is 4.79 Å². The normalized spacial score (nSPS) is 20.1. The molecule has 1 saturated heterocycles. The molecule has 4 heteroatoms. The number of carbonyl (C=O) groups excluding carboxylic acids is 1. The van der Waals surface area contributed by atoms with Crippen LogP contribution < -0.4 is 5.32 Å². The van der Waals surface area contributed by atoms with Crippen LogP contribution in [-0.4, -0.2) is 36.5 Å². The number of halogens is 1. The van der Waals surface area contributed by atoms with Crippen LogP contribution in [0.1, 0.15) is 25.3 Å². The lowest BCUT2D eigenvalue weighted by atomic mass is 10.1. The fourth-order valence-corrected chi connectivity index (χ4v) is 2.45. The van der Waals surface area contributed by atoms with Crippen molar-refractivity contribution in [2.45, 2.75) is 32.2 Å². The Morgan fingerprint density at radius 2 is 2.11 bits per heavy atom. The van der Waals surface area contributed by atoms with Gasteiger partial charge in [0, 0.05) is 37.1 Å². The van der Waals surface area contributed by atoms with Crippen molar-refractivity contribution in [1.29, 1.82) is 0 Å². The molecule has 0 bridgehead atoms. The fraction of sp³-hybridized carbons (Fsp3) is 0.533. The van der Waals surface area contributed by atoms with E-state index in [2.05, 4.69) is 12.2 Å². The molecule has 1 aromatic carbocycles. The van der Waals surface area contributed by atoms with E-state index in [0.29, 0.717) is 12.5 Å². The van der Waals surface area contributed by atoms with Crippen molar-refractivity contribution >= 4 is 17.5 Å². The zero-order chi connectivity index (χ0) is 13.7. The maximum atomic E-state index is 12.2. The highest BCUT2D eigenvalue weighted by Crippen LogP contribution is 2.12. The summed E-state index contributed by atoms with van der Waals surface area (Å²) >= 11 is 5.85. The number of rotatable bonds is 3. The van der Waals surface area contributed by atoms with Gasteiger partial charge in [0.2, 0.25) is 5.91 Å². The van der Waals surface area contributed by atoms with Gasteiger partial charge in [0.15, 0.2) is 0 Å². The van der Waals surface area contributed by atoms with Gasteiger partial charge in [-0.2, -0.15) is 0 Å². The average molecular weight is 281 g/mol. The first kappa shape index (κ1) is 14.4. The molecular formula is C15H21ClN2O. The van der Waals surface area contributed by atoms with Crippen LogP contribution in [0.4, 0.5) is 0 Å². The van der Waals surface area contributed by atoms with Crippen molar-refractivity contribution in [1.82, 2.24) is 10.2 Å². The van der Waals surface area contributed by atoms with Crippen LogP contribution in [0, 0.1) is 0 Å². The number of benzene rings is 1. The van der Waals surface area contributed by atoms with Gasteiger partial charge in [0.25, 0.3) is 0 Å². The van der Waals surface area contributed by atoms with Crippen LogP contribution in [0.2, 0.25) is 5.02 Å². The molecule has 19 heavy (non-hydrogen) atoms. The summed E-state index contributed by atoms with van der Waals surface area (Å²) in [7, 11) is 0. The minimum Gasteiger partial charge on any atom is -0.341 e. The molecule has 1 atom stereocenters. The summed E-state index contributed by atoms with van der Waals surface area (Å²) in [6.45, 7) is 4.76. The Bertz CT molecular complexity index is 419. The summed E-state index contributed by atoms with van der Waals surface area (Å²) in [5.74, 6) is 0.255. The summed E-state index contributed by atoms with van der Waals surface area (Å²) in [6.07, 6.45) is 2.40. The first-order valence-electron chi connectivity index (χ1n) is 6.91. The Kier molecular flexibility index (Phi) is 5.23. The zero-order valence-electron chi connectivity index (χ0n) is 11.4. The predicted molar refractivity (Wildman–Crippen MR) is 78.4 cm³/mol. The van der Waals surface area contributed by atoms with E-state index in [1.807, 2.05) is 29.2 Å². The quantitative estimate of drug-likeness (QED) is 0.923. The highest BCUT2D eigenvalue weighted by Gasteiger charge is 2.17. The number of aryl methyl sites for hydroxylation is 1. The first-order chi connectivity index (χ1) is 9.15. The van der Waals surface area contributed by atoms with Gasteiger partial charge in [-0.3, -0.25) is 4.79 Å². The topological polar surface area (TPSA) is 32.3 Å². The molecule has 1 amide bonds. The number of hydrogen-bond acceptors (Lipinski definition) is 2. The van der Waals surface area contributed by atoms with Crippen LogP contribution in [0.5, 0.6) is 0 Å². The molecule has 1 unspecified atom stereocenters. The van der Waals surface area contributed by atoms with Crippen molar-refractivity contribution < 1.29 is 4.79 Å². The number of hydrogen-bond donors (Lipinski definition) is 1. The van der Waals surface area contributed by atoms with Crippen LogP contribution >= 0.6 is 11.6 Å². The van der Waals surface area contributed by atoms with Crippen LogP contribution in [0.3, 0.4) is 0 Å². The minimum atomic E-state index is 0.255. The molecule has 1 aliphatic rings. The van der Waals surface area contributed by atoms with Gasteiger partial charge in [-0.05, 0) is 37.5 Å². The molecule has 0 radical (unpaired) electrons. The Morgan fingerprint density at radius 3 is 2.84 bits per heavy atom. The van der Waals surface area contributed by atoms with E-state index in [0.717, 1.165) is 37.5 Å². The Hall–Kier alpha value is -1.06. The first-order valence-corrected chi connectivity index (χ1v) is 7.28. The third-order valence-corrected chi connectivity index (χ3v) is 3.85. The van der Waals surface area contributed by atoms with Gasteiger partial charge in [-0.1, -0.05) is 23.7 Å². The van der Waals surface area contributed by atoms with E-state index in [4.69, 9.17) is 11.6 Å². The molecule has 104 valence electrons. The van der Waals surface area contributed by atoms with Gasteiger partial charge in [0.05, 0.1) is 0 Å². The maximum absolute atomic E-state index is 12.2. The van der Waals surface area contributed by atoms with Gasteiger partial charge in [0.1, 0.15) is 0 Å². The lowest BCUT2D eigenvalue weighted by Gasteiger charge is -2.20. The second-order valence-corrected chi connectivity index (χ2v) is 5.59. The van der Waals surface area contributed by atoms with Crippen molar-refractivity contribution in [3.05, 3.63) is 34.9 Å². The molecule has 0 aromatic heterocycles. The summed E-state index contributed by atoms with van der Waals surface area (Å²) in [6, 6.07) is 8.23. The predicted octanol–water partition coefficient (Wildman–Crippen LogP) is 2.48. The molecule has 1 fully saturated rings.